The summed E-state index contributed by atoms with van der Waals surface area (Å²) in [4.78, 5) is 27.2. The SMILES string of the molecule is CC(=O)[C@@]12C[C@@](c3cccs3)(C(C#N)C1=O)[C@H](C)[C@H]2c1ccccc1. The van der Waals surface area contributed by atoms with Gasteiger partial charge in [-0.05, 0) is 36.3 Å². The average molecular weight is 349 g/mol. The van der Waals surface area contributed by atoms with Crippen molar-refractivity contribution in [2.75, 3.05) is 0 Å². The molecule has 3 nitrogen and oxygen atoms in total. The van der Waals surface area contributed by atoms with Gasteiger partial charge in [-0.2, -0.15) is 5.26 Å². The average Bonchev–Trinajstić information content (AvgIpc) is 3.28. The van der Waals surface area contributed by atoms with Crippen LogP contribution in [-0.2, 0) is 15.0 Å². The second kappa shape index (κ2) is 5.37. The highest BCUT2D eigenvalue weighted by molar-refractivity contribution is 7.10. The summed E-state index contributed by atoms with van der Waals surface area (Å²) in [6.45, 7) is 3.63. The van der Waals surface area contributed by atoms with Gasteiger partial charge in [0.2, 0.25) is 0 Å². The zero-order valence-electron chi connectivity index (χ0n) is 14.2. The van der Waals surface area contributed by atoms with Crippen LogP contribution in [0.3, 0.4) is 0 Å². The number of thiophene rings is 1. The smallest absolute Gasteiger partial charge is 0.165 e. The summed E-state index contributed by atoms with van der Waals surface area (Å²) in [5, 5.41) is 11.8. The first kappa shape index (κ1) is 16.2. The lowest BCUT2D eigenvalue weighted by Gasteiger charge is -2.41. The van der Waals surface area contributed by atoms with Crippen molar-refractivity contribution in [2.24, 2.45) is 17.3 Å². The van der Waals surface area contributed by atoms with E-state index in [1.165, 1.54) is 6.92 Å². The number of nitriles is 1. The van der Waals surface area contributed by atoms with Crippen LogP contribution in [0, 0.1) is 28.6 Å². The molecule has 2 bridgehead atoms. The van der Waals surface area contributed by atoms with Gasteiger partial charge in [0.15, 0.2) is 5.78 Å². The third kappa shape index (κ3) is 1.79. The summed E-state index contributed by atoms with van der Waals surface area (Å²) in [6, 6.07) is 16.1. The molecule has 4 rings (SSSR count). The summed E-state index contributed by atoms with van der Waals surface area (Å²) >= 11 is 1.59. The van der Waals surface area contributed by atoms with Crippen molar-refractivity contribution in [1.29, 1.82) is 5.26 Å². The molecule has 0 N–H and O–H groups in total. The zero-order valence-corrected chi connectivity index (χ0v) is 15.0. The van der Waals surface area contributed by atoms with Crippen LogP contribution in [0.1, 0.15) is 36.6 Å². The number of benzene rings is 1. The minimum atomic E-state index is -1.08. The van der Waals surface area contributed by atoms with Crippen molar-refractivity contribution < 1.29 is 9.59 Å². The molecule has 2 aliphatic rings. The maximum absolute atomic E-state index is 13.4. The predicted molar refractivity (Wildman–Crippen MR) is 96.2 cm³/mol. The third-order valence-electron chi connectivity index (χ3n) is 6.53. The van der Waals surface area contributed by atoms with Crippen molar-refractivity contribution in [3.8, 4) is 6.07 Å². The first-order chi connectivity index (χ1) is 12.0. The highest BCUT2D eigenvalue weighted by Gasteiger charge is 2.76. The Morgan fingerprint density at radius 2 is 1.96 bits per heavy atom. The van der Waals surface area contributed by atoms with Crippen molar-refractivity contribution >= 4 is 22.9 Å². The van der Waals surface area contributed by atoms with Crippen molar-refractivity contribution in [3.63, 3.8) is 0 Å². The highest BCUT2D eigenvalue weighted by Crippen LogP contribution is 2.71. The molecule has 2 aliphatic carbocycles. The summed E-state index contributed by atoms with van der Waals surface area (Å²) in [6.07, 6.45) is 0.452. The Labute approximate surface area is 151 Å². The second-order valence-corrected chi connectivity index (χ2v) is 8.27. The Morgan fingerprint density at radius 1 is 1.24 bits per heavy atom. The standard InChI is InChI=1S/C21H19NO2S/c1-13-18(15-7-4-3-5-8-15)21(14(2)23)12-20(13,16(11-22)19(21)24)17-9-6-10-25-17/h3-10,13,16,18H,12H2,1-2H3/t13-,16?,18+,20+,21-/m1/s1. The molecular weight excluding hydrogens is 330 g/mol. The molecule has 1 unspecified atom stereocenters. The molecule has 5 atom stereocenters. The van der Waals surface area contributed by atoms with Crippen LogP contribution >= 0.6 is 11.3 Å². The molecule has 0 aliphatic heterocycles. The van der Waals surface area contributed by atoms with Crippen LogP contribution in [0.2, 0.25) is 0 Å². The fourth-order valence-electron chi connectivity index (χ4n) is 5.47. The Hall–Kier alpha value is -2.25. The van der Waals surface area contributed by atoms with E-state index >= 15 is 0 Å². The highest BCUT2D eigenvalue weighted by atomic mass is 32.1. The number of fused-ring (bicyclic) bond motifs is 2. The second-order valence-electron chi connectivity index (χ2n) is 7.33. The van der Waals surface area contributed by atoms with Gasteiger partial charge in [-0.3, -0.25) is 9.59 Å². The van der Waals surface area contributed by atoms with Gasteiger partial charge in [0.25, 0.3) is 0 Å². The monoisotopic (exact) mass is 349 g/mol. The van der Waals surface area contributed by atoms with Crippen LogP contribution in [0.5, 0.6) is 0 Å². The van der Waals surface area contributed by atoms with E-state index in [2.05, 4.69) is 13.0 Å². The lowest BCUT2D eigenvalue weighted by Crippen LogP contribution is -2.48. The van der Waals surface area contributed by atoms with Crippen LogP contribution in [-0.4, -0.2) is 11.6 Å². The zero-order chi connectivity index (χ0) is 17.8. The van der Waals surface area contributed by atoms with Crippen LogP contribution in [0.15, 0.2) is 47.8 Å². The van der Waals surface area contributed by atoms with Gasteiger partial charge in [-0.15, -0.1) is 11.3 Å². The number of hydrogen-bond acceptors (Lipinski definition) is 4. The van der Waals surface area contributed by atoms with Gasteiger partial charge in [0.1, 0.15) is 11.7 Å². The third-order valence-corrected chi connectivity index (χ3v) is 7.59. The minimum absolute atomic E-state index is 0.0415. The first-order valence-electron chi connectivity index (χ1n) is 8.54. The summed E-state index contributed by atoms with van der Waals surface area (Å²) in [5.74, 6) is -1.16. The Balaban J connectivity index is 2.00. The van der Waals surface area contributed by atoms with Gasteiger partial charge >= 0.3 is 0 Å². The largest absolute Gasteiger partial charge is 0.299 e. The Morgan fingerprint density at radius 3 is 2.52 bits per heavy atom. The van der Waals surface area contributed by atoms with E-state index in [0.717, 1.165) is 10.4 Å². The molecule has 2 fully saturated rings. The van der Waals surface area contributed by atoms with E-state index < -0.39 is 16.7 Å². The molecule has 25 heavy (non-hydrogen) atoms. The fraction of sp³-hybridized carbons (Fsp3) is 0.381. The van der Waals surface area contributed by atoms with Crippen molar-refractivity contribution in [3.05, 3.63) is 58.3 Å². The quantitative estimate of drug-likeness (QED) is 0.784. The number of carbonyl (C=O) groups is 2. The molecule has 4 heteroatoms. The molecule has 1 aromatic heterocycles. The molecule has 1 heterocycles. The van der Waals surface area contributed by atoms with Crippen molar-refractivity contribution in [1.82, 2.24) is 0 Å². The Bertz CT molecular complexity index is 882. The number of nitrogens with zero attached hydrogens (tertiary/aromatic N) is 1. The Kier molecular flexibility index (Phi) is 3.49. The molecule has 2 aromatic rings. The summed E-state index contributed by atoms with van der Waals surface area (Å²) in [7, 11) is 0. The van der Waals surface area contributed by atoms with E-state index in [4.69, 9.17) is 0 Å². The number of carbonyl (C=O) groups excluding carboxylic acids is 2. The van der Waals surface area contributed by atoms with Gasteiger partial charge < -0.3 is 0 Å². The topological polar surface area (TPSA) is 57.9 Å². The number of ketones is 2. The van der Waals surface area contributed by atoms with E-state index in [1.54, 1.807) is 11.3 Å². The van der Waals surface area contributed by atoms with Crippen molar-refractivity contribution in [2.45, 2.75) is 31.6 Å². The number of Topliss-reactive ketones (excluding diaryl/α,β-unsaturated/α-hetero) is 2. The summed E-state index contributed by atoms with van der Waals surface area (Å²) < 4.78 is 0. The first-order valence-corrected chi connectivity index (χ1v) is 9.42. The van der Waals surface area contributed by atoms with Gasteiger partial charge in [-0.1, -0.05) is 43.3 Å². The molecule has 0 amide bonds. The van der Waals surface area contributed by atoms with E-state index in [9.17, 15) is 14.9 Å². The van der Waals surface area contributed by atoms with Gasteiger partial charge in [-0.25, -0.2) is 0 Å². The lowest BCUT2D eigenvalue weighted by molar-refractivity contribution is -0.141. The molecule has 0 saturated heterocycles. The maximum atomic E-state index is 13.4. The molecule has 1 aromatic carbocycles. The normalized spacial score (nSPS) is 36.4. The molecule has 0 spiro atoms. The van der Waals surface area contributed by atoms with E-state index in [0.29, 0.717) is 6.42 Å². The minimum Gasteiger partial charge on any atom is -0.299 e. The van der Waals surface area contributed by atoms with Crippen LogP contribution < -0.4 is 0 Å². The van der Waals surface area contributed by atoms with Crippen LogP contribution in [0.25, 0.3) is 0 Å². The fourth-order valence-corrected chi connectivity index (χ4v) is 6.53. The lowest BCUT2D eigenvalue weighted by atomic mass is 9.59. The predicted octanol–water partition coefficient (Wildman–Crippen LogP) is 4.11. The van der Waals surface area contributed by atoms with Gasteiger partial charge in [0, 0.05) is 16.2 Å². The maximum Gasteiger partial charge on any atom is 0.165 e. The van der Waals surface area contributed by atoms with Crippen LogP contribution in [0.4, 0.5) is 0 Å². The molecule has 0 radical (unpaired) electrons. The number of rotatable bonds is 3. The molecule has 126 valence electrons. The number of hydrogen-bond donors (Lipinski definition) is 0. The molecular formula is C21H19NO2S. The summed E-state index contributed by atoms with van der Waals surface area (Å²) in [5.41, 5.74) is -0.620. The van der Waals surface area contributed by atoms with Gasteiger partial charge in [0.05, 0.1) is 11.5 Å². The molecule has 2 saturated carbocycles. The van der Waals surface area contributed by atoms with E-state index in [1.807, 2.05) is 47.8 Å². The van der Waals surface area contributed by atoms with E-state index in [-0.39, 0.29) is 23.4 Å².